The summed E-state index contributed by atoms with van der Waals surface area (Å²) in [6.07, 6.45) is 2.11. The van der Waals surface area contributed by atoms with Crippen LogP contribution in [0.25, 0.3) is 0 Å². The molecule has 2 aliphatic rings. The van der Waals surface area contributed by atoms with Crippen LogP contribution in [0.1, 0.15) is 41.2 Å². The van der Waals surface area contributed by atoms with Crippen molar-refractivity contribution in [2.75, 3.05) is 46.5 Å². The average Bonchev–Trinajstić information content (AvgIpc) is 2.81. The highest BCUT2D eigenvalue weighted by molar-refractivity contribution is 14.0. The fourth-order valence-electron chi connectivity index (χ4n) is 4.92. The molecule has 4 rings (SSSR count). The number of aryl methyl sites for hydroxylation is 2. The number of rotatable bonds is 4. The lowest BCUT2D eigenvalue weighted by molar-refractivity contribution is -0.00864. The zero-order chi connectivity index (χ0) is 21.7. The number of hydrogen-bond donors (Lipinski definition) is 1. The smallest absolute Gasteiger partial charge is 0.193 e. The molecule has 2 saturated heterocycles. The third-order valence-electron chi connectivity index (χ3n) is 6.77. The van der Waals surface area contributed by atoms with Gasteiger partial charge < -0.3 is 19.7 Å². The van der Waals surface area contributed by atoms with Crippen LogP contribution in [0, 0.1) is 13.8 Å². The largest absolute Gasteiger partial charge is 0.381 e. The van der Waals surface area contributed by atoms with Crippen LogP contribution in [0.15, 0.2) is 53.5 Å². The lowest BCUT2D eigenvalue weighted by Gasteiger charge is -2.40. The van der Waals surface area contributed by atoms with Gasteiger partial charge in [-0.25, -0.2) is 0 Å². The summed E-state index contributed by atoms with van der Waals surface area (Å²) in [5.74, 6) is 0.958. The Kier molecular flexibility index (Phi) is 8.96. The quantitative estimate of drug-likeness (QED) is 0.344. The zero-order valence-corrected chi connectivity index (χ0v) is 21.8. The molecule has 0 amide bonds. The highest BCUT2D eigenvalue weighted by Gasteiger charge is 2.35. The van der Waals surface area contributed by atoms with E-state index in [1.807, 2.05) is 7.05 Å². The van der Waals surface area contributed by atoms with Crippen molar-refractivity contribution in [2.45, 2.75) is 38.2 Å². The fourth-order valence-corrected chi connectivity index (χ4v) is 4.92. The summed E-state index contributed by atoms with van der Waals surface area (Å²) < 4.78 is 11.8. The molecule has 1 N–H and O–H groups in total. The molecule has 2 aliphatic heterocycles. The maximum atomic E-state index is 6.15. The number of guanidine groups is 1. The van der Waals surface area contributed by atoms with Crippen molar-refractivity contribution in [3.63, 3.8) is 0 Å². The van der Waals surface area contributed by atoms with Crippen molar-refractivity contribution in [1.29, 1.82) is 0 Å². The van der Waals surface area contributed by atoms with Gasteiger partial charge >= 0.3 is 0 Å². The molecule has 2 aromatic rings. The maximum Gasteiger partial charge on any atom is 0.193 e. The summed E-state index contributed by atoms with van der Waals surface area (Å²) in [6, 6.07) is 17.5. The molecular formula is C26H36IN3O2. The van der Waals surface area contributed by atoms with Crippen LogP contribution in [0.4, 0.5) is 0 Å². The first-order chi connectivity index (χ1) is 15.1. The second kappa shape index (κ2) is 11.5. The minimum Gasteiger partial charge on any atom is -0.381 e. The van der Waals surface area contributed by atoms with Gasteiger partial charge in [0.05, 0.1) is 13.2 Å². The van der Waals surface area contributed by atoms with Crippen LogP contribution in [-0.4, -0.2) is 57.4 Å². The van der Waals surface area contributed by atoms with Gasteiger partial charge in [0.15, 0.2) is 5.96 Å². The van der Waals surface area contributed by atoms with Crippen molar-refractivity contribution in [1.82, 2.24) is 10.2 Å². The number of aliphatic imine (C=N–C) groups is 1. The number of nitrogens with zero attached hydrogens (tertiary/aromatic N) is 2. The van der Waals surface area contributed by atoms with E-state index >= 15 is 0 Å². The van der Waals surface area contributed by atoms with E-state index in [0.717, 1.165) is 51.6 Å². The van der Waals surface area contributed by atoms with Crippen molar-refractivity contribution in [3.8, 4) is 0 Å². The van der Waals surface area contributed by atoms with E-state index in [9.17, 15) is 0 Å². The van der Waals surface area contributed by atoms with Crippen molar-refractivity contribution in [3.05, 3.63) is 70.8 Å². The van der Waals surface area contributed by atoms with E-state index in [2.05, 4.69) is 77.6 Å². The van der Waals surface area contributed by atoms with Gasteiger partial charge in [-0.2, -0.15) is 0 Å². The molecule has 5 nitrogen and oxygen atoms in total. The Balaban J connectivity index is 0.00000289. The Bertz CT molecular complexity index is 897. The molecule has 0 aromatic heterocycles. The van der Waals surface area contributed by atoms with Crippen LogP contribution in [-0.2, 0) is 14.9 Å². The Morgan fingerprint density at radius 2 is 1.84 bits per heavy atom. The Labute approximate surface area is 209 Å². The molecule has 1 atom stereocenters. The van der Waals surface area contributed by atoms with Gasteiger partial charge in [0, 0.05) is 38.8 Å². The molecule has 174 valence electrons. The molecule has 0 spiro atoms. The lowest BCUT2D eigenvalue weighted by atomic mass is 9.74. The molecule has 0 bridgehead atoms. The third kappa shape index (κ3) is 5.64. The summed E-state index contributed by atoms with van der Waals surface area (Å²) >= 11 is 0. The van der Waals surface area contributed by atoms with Crippen LogP contribution >= 0.6 is 24.0 Å². The maximum absolute atomic E-state index is 6.15. The molecule has 2 heterocycles. The van der Waals surface area contributed by atoms with Gasteiger partial charge in [-0.15, -0.1) is 24.0 Å². The lowest BCUT2D eigenvalue weighted by Crippen LogP contribution is -2.52. The van der Waals surface area contributed by atoms with Crippen molar-refractivity contribution < 1.29 is 9.47 Å². The van der Waals surface area contributed by atoms with E-state index < -0.39 is 0 Å². The summed E-state index contributed by atoms with van der Waals surface area (Å²) in [5, 5.41) is 3.71. The summed E-state index contributed by atoms with van der Waals surface area (Å²) in [6.45, 7) is 9.15. The molecule has 32 heavy (non-hydrogen) atoms. The fraction of sp³-hybridized carbons (Fsp3) is 0.500. The molecule has 2 aromatic carbocycles. The van der Waals surface area contributed by atoms with Gasteiger partial charge in [-0.3, -0.25) is 4.99 Å². The first-order valence-corrected chi connectivity index (χ1v) is 11.4. The van der Waals surface area contributed by atoms with Crippen LogP contribution in [0.2, 0.25) is 0 Å². The minimum atomic E-state index is 0. The molecule has 2 fully saturated rings. The average molecular weight is 549 g/mol. The minimum absolute atomic E-state index is 0. The van der Waals surface area contributed by atoms with Crippen LogP contribution in [0.5, 0.6) is 0 Å². The highest BCUT2D eigenvalue weighted by Crippen LogP contribution is 2.34. The predicted molar refractivity (Wildman–Crippen MR) is 141 cm³/mol. The molecule has 6 heteroatoms. The zero-order valence-electron chi connectivity index (χ0n) is 19.5. The molecular weight excluding hydrogens is 513 g/mol. The number of morpholine rings is 1. The number of nitrogens with one attached hydrogen (secondary N) is 1. The molecule has 1 unspecified atom stereocenters. The SMILES string of the molecule is CN=C(NCC1(c2ccccc2)CCOCC1)N1CCOC(c2ccc(C)cc2C)C1.I. The van der Waals surface area contributed by atoms with E-state index in [-0.39, 0.29) is 35.5 Å². The normalized spacial score (nSPS) is 21.0. The van der Waals surface area contributed by atoms with Crippen molar-refractivity contribution >= 4 is 29.9 Å². The van der Waals surface area contributed by atoms with Gasteiger partial charge in [0.1, 0.15) is 6.10 Å². The molecule has 0 aliphatic carbocycles. The molecule has 0 saturated carbocycles. The Morgan fingerprint density at radius 1 is 1.09 bits per heavy atom. The highest BCUT2D eigenvalue weighted by atomic mass is 127. The molecule has 0 radical (unpaired) electrons. The van der Waals surface area contributed by atoms with Gasteiger partial charge in [0.25, 0.3) is 0 Å². The van der Waals surface area contributed by atoms with Gasteiger partial charge in [-0.05, 0) is 43.4 Å². The van der Waals surface area contributed by atoms with E-state index in [4.69, 9.17) is 9.47 Å². The van der Waals surface area contributed by atoms with Crippen LogP contribution < -0.4 is 5.32 Å². The first kappa shape index (κ1) is 25.0. The van der Waals surface area contributed by atoms with Crippen molar-refractivity contribution in [2.24, 2.45) is 4.99 Å². The van der Waals surface area contributed by atoms with E-state index in [1.165, 1.54) is 22.3 Å². The monoisotopic (exact) mass is 549 g/mol. The van der Waals surface area contributed by atoms with E-state index in [1.54, 1.807) is 0 Å². The third-order valence-corrected chi connectivity index (χ3v) is 6.77. The predicted octanol–water partition coefficient (Wildman–Crippen LogP) is 4.62. The first-order valence-electron chi connectivity index (χ1n) is 11.4. The second-order valence-corrected chi connectivity index (χ2v) is 8.82. The Hall–Kier alpha value is -1.64. The summed E-state index contributed by atoms with van der Waals surface area (Å²) in [4.78, 5) is 6.97. The number of halogens is 1. The number of benzene rings is 2. The number of ether oxygens (including phenoxy) is 2. The standard InChI is InChI=1S/C26H35N3O2.HI/c1-20-9-10-23(21(2)17-20)24-18-29(13-16-31-24)25(27-3)28-19-26(11-14-30-15-12-26)22-7-5-4-6-8-22;/h4-10,17,24H,11-16,18-19H2,1-3H3,(H,27,28);1H. The topological polar surface area (TPSA) is 46.1 Å². The summed E-state index contributed by atoms with van der Waals surface area (Å²) in [5.41, 5.74) is 5.32. The second-order valence-electron chi connectivity index (χ2n) is 8.82. The number of hydrogen-bond acceptors (Lipinski definition) is 3. The van der Waals surface area contributed by atoms with Gasteiger partial charge in [-0.1, -0.05) is 54.1 Å². The summed E-state index contributed by atoms with van der Waals surface area (Å²) in [7, 11) is 1.88. The Morgan fingerprint density at radius 3 is 2.53 bits per heavy atom. The van der Waals surface area contributed by atoms with Gasteiger partial charge in [0.2, 0.25) is 0 Å². The van der Waals surface area contributed by atoms with Crippen LogP contribution in [0.3, 0.4) is 0 Å². The van der Waals surface area contributed by atoms with E-state index in [0.29, 0.717) is 6.61 Å².